The van der Waals surface area contributed by atoms with Crippen LogP contribution in [0.3, 0.4) is 0 Å². The van der Waals surface area contributed by atoms with Gasteiger partial charge in [-0.05, 0) is 48.9 Å². The number of benzene rings is 3. The number of aromatic nitrogens is 3. The Labute approximate surface area is 181 Å². The van der Waals surface area contributed by atoms with Crippen LogP contribution < -0.4 is 5.32 Å². The molecule has 2 heterocycles. The summed E-state index contributed by atoms with van der Waals surface area (Å²) in [6.07, 6.45) is 0. The number of carbonyl (C=O) groups is 1. The van der Waals surface area contributed by atoms with Gasteiger partial charge < -0.3 is 5.32 Å². The molecule has 0 unspecified atom stereocenters. The number of hydrogen-bond donors (Lipinski definition) is 1. The predicted octanol–water partition coefficient (Wildman–Crippen LogP) is 5.67. The predicted molar refractivity (Wildman–Crippen MR) is 125 cm³/mol. The molecule has 0 aliphatic heterocycles. The third kappa shape index (κ3) is 3.69. The van der Waals surface area contributed by atoms with Gasteiger partial charge in [-0.25, -0.2) is 9.97 Å². The van der Waals surface area contributed by atoms with Crippen LogP contribution >= 0.6 is 23.1 Å². The summed E-state index contributed by atoms with van der Waals surface area (Å²) in [5.74, 6) is 0.160. The quantitative estimate of drug-likeness (QED) is 0.365. The Morgan fingerprint density at radius 2 is 1.80 bits per heavy atom. The molecule has 5 aromatic rings. The van der Waals surface area contributed by atoms with E-state index in [9.17, 15) is 4.79 Å². The number of hydrogen-bond acceptors (Lipinski definition) is 5. The van der Waals surface area contributed by atoms with E-state index in [-0.39, 0.29) is 11.7 Å². The largest absolute Gasteiger partial charge is 0.301 e. The fourth-order valence-electron chi connectivity index (χ4n) is 3.30. The SMILES string of the molecule is Cc1ccc2nc(NC(=O)CSc3nc4ccccc4n3-c3ccccc3)sc2c1. The highest BCUT2D eigenvalue weighted by atomic mass is 32.2. The molecule has 0 saturated heterocycles. The van der Waals surface area contributed by atoms with Gasteiger partial charge in [0, 0.05) is 5.69 Å². The average Bonchev–Trinajstić information content (AvgIpc) is 3.32. The molecule has 0 aliphatic rings. The number of nitrogens with zero attached hydrogens (tertiary/aromatic N) is 3. The molecule has 5 rings (SSSR count). The number of amides is 1. The molecular weight excluding hydrogens is 412 g/mol. The Bertz CT molecular complexity index is 1360. The first-order chi connectivity index (χ1) is 14.7. The van der Waals surface area contributed by atoms with Crippen LogP contribution in [0.25, 0.3) is 26.9 Å². The summed E-state index contributed by atoms with van der Waals surface area (Å²) in [6.45, 7) is 2.05. The maximum atomic E-state index is 12.6. The van der Waals surface area contributed by atoms with Gasteiger partial charge in [-0.15, -0.1) is 0 Å². The number of para-hydroxylation sites is 3. The van der Waals surface area contributed by atoms with Crippen LogP contribution in [-0.2, 0) is 4.79 Å². The van der Waals surface area contributed by atoms with Gasteiger partial charge in [0.1, 0.15) is 0 Å². The number of thioether (sulfide) groups is 1. The number of aryl methyl sites for hydroxylation is 1. The molecule has 3 aromatic carbocycles. The van der Waals surface area contributed by atoms with Gasteiger partial charge in [0.25, 0.3) is 0 Å². The zero-order valence-corrected chi connectivity index (χ0v) is 17.8. The summed E-state index contributed by atoms with van der Waals surface area (Å²) in [6, 6.07) is 24.2. The normalized spacial score (nSPS) is 11.2. The van der Waals surface area contributed by atoms with E-state index >= 15 is 0 Å². The van der Waals surface area contributed by atoms with Crippen LogP contribution in [0.5, 0.6) is 0 Å². The second kappa shape index (κ2) is 7.93. The van der Waals surface area contributed by atoms with Crippen molar-refractivity contribution in [2.75, 3.05) is 11.1 Å². The molecule has 2 aromatic heterocycles. The van der Waals surface area contributed by atoms with Crippen molar-refractivity contribution >= 4 is 55.4 Å². The topological polar surface area (TPSA) is 59.8 Å². The lowest BCUT2D eigenvalue weighted by atomic mass is 10.2. The van der Waals surface area contributed by atoms with Gasteiger partial charge in [0.15, 0.2) is 10.3 Å². The molecular formula is C23H18N4OS2. The Balaban J connectivity index is 1.37. The van der Waals surface area contributed by atoms with Crippen LogP contribution in [-0.4, -0.2) is 26.2 Å². The summed E-state index contributed by atoms with van der Waals surface area (Å²) in [5, 5.41) is 4.34. The van der Waals surface area contributed by atoms with Crippen molar-refractivity contribution in [3.8, 4) is 5.69 Å². The van der Waals surface area contributed by atoms with Gasteiger partial charge in [-0.3, -0.25) is 9.36 Å². The number of fused-ring (bicyclic) bond motifs is 2. The van der Waals surface area contributed by atoms with Crippen molar-refractivity contribution in [1.29, 1.82) is 0 Å². The molecule has 0 atom stereocenters. The monoisotopic (exact) mass is 430 g/mol. The number of anilines is 1. The van der Waals surface area contributed by atoms with E-state index in [0.717, 1.165) is 32.1 Å². The lowest BCUT2D eigenvalue weighted by Crippen LogP contribution is -2.14. The molecule has 0 saturated carbocycles. The van der Waals surface area contributed by atoms with Gasteiger partial charge in [0.2, 0.25) is 5.91 Å². The summed E-state index contributed by atoms with van der Waals surface area (Å²) in [7, 11) is 0. The second-order valence-electron chi connectivity index (χ2n) is 6.88. The zero-order chi connectivity index (χ0) is 20.5. The van der Waals surface area contributed by atoms with Crippen molar-refractivity contribution in [3.05, 3.63) is 78.4 Å². The van der Waals surface area contributed by atoms with Gasteiger partial charge >= 0.3 is 0 Å². The van der Waals surface area contributed by atoms with E-state index in [2.05, 4.69) is 20.9 Å². The molecule has 30 heavy (non-hydrogen) atoms. The van der Waals surface area contributed by atoms with E-state index in [4.69, 9.17) is 4.98 Å². The van der Waals surface area contributed by atoms with E-state index in [1.54, 1.807) is 0 Å². The third-order valence-electron chi connectivity index (χ3n) is 4.67. The lowest BCUT2D eigenvalue weighted by Gasteiger charge is -2.08. The summed E-state index contributed by atoms with van der Waals surface area (Å²) in [5.41, 5.74) is 5.04. The van der Waals surface area contributed by atoms with E-state index in [0.29, 0.717) is 5.13 Å². The number of imidazole rings is 1. The fraction of sp³-hybridized carbons (Fsp3) is 0.0870. The van der Waals surface area contributed by atoms with E-state index < -0.39 is 0 Å². The van der Waals surface area contributed by atoms with E-state index in [1.807, 2.05) is 73.7 Å². The van der Waals surface area contributed by atoms with Gasteiger partial charge in [-0.2, -0.15) is 0 Å². The smallest absolute Gasteiger partial charge is 0.236 e. The number of nitrogens with one attached hydrogen (secondary N) is 1. The molecule has 5 nitrogen and oxygen atoms in total. The summed E-state index contributed by atoms with van der Waals surface area (Å²) >= 11 is 2.91. The van der Waals surface area contributed by atoms with Crippen molar-refractivity contribution in [1.82, 2.24) is 14.5 Å². The van der Waals surface area contributed by atoms with E-state index in [1.165, 1.54) is 28.7 Å². The molecule has 0 aliphatic carbocycles. The van der Waals surface area contributed by atoms with Gasteiger partial charge in [0.05, 0.1) is 27.0 Å². The minimum absolute atomic E-state index is 0.0950. The second-order valence-corrected chi connectivity index (χ2v) is 8.85. The minimum atomic E-state index is -0.0950. The van der Waals surface area contributed by atoms with Crippen molar-refractivity contribution in [2.45, 2.75) is 12.1 Å². The Kier molecular flexibility index (Phi) is 4.98. The first-order valence-electron chi connectivity index (χ1n) is 9.50. The minimum Gasteiger partial charge on any atom is -0.301 e. The highest BCUT2D eigenvalue weighted by molar-refractivity contribution is 7.99. The standard InChI is InChI=1S/C23H18N4OS2/c1-15-11-12-18-20(13-15)30-22(24-18)26-21(28)14-29-23-25-17-9-5-6-10-19(17)27(23)16-7-3-2-4-8-16/h2-13H,14H2,1H3,(H,24,26,28). The zero-order valence-electron chi connectivity index (χ0n) is 16.2. The van der Waals surface area contributed by atoms with Crippen LogP contribution in [0.1, 0.15) is 5.56 Å². The Morgan fingerprint density at radius 3 is 2.67 bits per heavy atom. The number of rotatable bonds is 5. The Morgan fingerprint density at radius 1 is 1.00 bits per heavy atom. The fourth-order valence-corrected chi connectivity index (χ4v) is 5.11. The molecule has 0 radical (unpaired) electrons. The molecule has 148 valence electrons. The first-order valence-corrected chi connectivity index (χ1v) is 11.3. The van der Waals surface area contributed by atoms with Crippen molar-refractivity contribution < 1.29 is 4.79 Å². The molecule has 0 bridgehead atoms. The molecule has 1 amide bonds. The highest BCUT2D eigenvalue weighted by Crippen LogP contribution is 2.29. The van der Waals surface area contributed by atoms with Gasteiger partial charge in [-0.1, -0.05) is 59.5 Å². The molecule has 1 N–H and O–H groups in total. The van der Waals surface area contributed by atoms with Crippen LogP contribution in [0, 0.1) is 6.92 Å². The number of carbonyl (C=O) groups excluding carboxylic acids is 1. The summed E-state index contributed by atoms with van der Waals surface area (Å²) < 4.78 is 3.16. The lowest BCUT2D eigenvalue weighted by molar-refractivity contribution is -0.113. The van der Waals surface area contributed by atoms with Crippen LogP contribution in [0.4, 0.5) is 5.13 Å². The van der Waals surface area contributed by atoms with Crippen LogP contribution in [0.2, 0.25) is 0 Å². The third-order valence-corrected chi connectivity index (χ3v) is 6.54. The Hall–Kier alpha value is -3.16. The maximum Gasteiger partial charge on any atom is 0.236 e. The van der Waals surface area contributed by atoms with Crippen molar-refractivity contribution in [3.63, 3.8) is 0 Å². The molecule has 7 heteroatoms. The summed E-state index contributed by atoms with van der Waals surface area (Å²) in [4.78, 5) is 21.8. The maximum absolute atomic E-state index is 12.6. The van der Waals surface area contributed by atoms with Crippen molar-refractivity contribution in [2.24, 2.45) is 0 Å². The molecule has 0 spiro atoms. The highest BCUT2D eigenvalue weighted by Gasteiger charge is 2.15. The first kappa shape index (κ1) is 18.8. The molecule has 0 fully saturated rings. The van der Waals surface area contributed by atoms with Crippen LogP contribution in [0.15, 0.2) is 78.0 Å². The number of thiazole rings is 1. The average molecular weight is 431 g/mol.